The van der Waals surface area contributed by atoms with Crippen LogP contribution in [0, 0.1) is 43.1 Å². The maximum atomic E-state index is 7.65. The second-order valence-electron chi connectivity index (χ2n) is 12.2. The van der Waals surface area contributed by atoms with E-state index in [9.17, 15) is 0 Å². The van der Waals surface area contributed by atoms with Crippen LogP contribution in [-0.2, 0) is 37.8 Å². The number of fused-ring (bicyclic) bond motifs is 4. The van der Waals surface area contributed by atoms with Crippen LogP contribution in [0.4, 0.5) is 0 Å². The third-order valence-corrected chi connectivity index (χ3v) is 10.4. The number of hydrogen-bond donors (Lipinski definition) is 0. The molecular formula is C34H43IrN3OS-4. The summed E-state index contributed by atoms with van der Waals surface area (Å²) in [6.07, 6.45) is 16.7. The standard InChI is InChI=1S/C20H22N2OS.C14H21N.Ir/c1-11-10-24-18-9-21-17(8-16(11)18)15-5-3-4-13-14-7-6-12(2)22-20(14)23-19(13)15;1-10-4-6-13(7-5-10)14-8-11(2)12(3)9-15-14;/h4-5,10,14,17,20H,3,6-9H2,1-2H3;8,10-12H,4-6,9H2,1-3H3;/q2*-2;/t14?,17-,20?;10-,11+,12-;/m11./s1/i2D3;;. The predicted molar refractivity (Wildman–Crippen MR) is 163 cm³/mol. The van der Waals surface area contributed by atoms with Gasteiger partial charge in [0, 0.05) is 35.8 Å². The number of thiophene rings is 1. The number of rotatable bonds is 2. The topological polar surface area (TPSA) is 49.8 Å². The van der Waals surface area contributed by atoms with Gasteiger partial charge >= 0.3 is 0 Å². The molecule has 5 heterocycles. The van der Waals surface area contributed by atoms with Crippen molar-refractivity contribution in [3.05, 3.63) is 84.8 Å². The molecular weight excluding hydrogens is 691 g/mol. The Bertz CT molecular complexity index is 1360. The van der Waals surface area contributed by atoms with Crippen molar-refractivity contribution < 1.29 is 29.0 Å². The number of allylic oxidation sites excluding steroid dienone is 5. The van der Waals surface area contributed by atoms with E-state index >= 15 is 0 Å². The van der Waals surface area contributed by atoms with E-state index < -0.39 is 6.85 Å². The van der Waals surface area contributed by atoms with Crippen LogP contribution in [0.3, 0.4) is 0 Å². The fraction of sp³-hybridized carbons (Fsp3) is 0.588. The molecule has 0 amide bonds. The summed E-state index contributed by atoms with van der Waals surface area (Å²) in [6, 6.07) is 0.121. The number of aliphatic imine (C=N–C) groups is 1. The van der Waals surface area contributed by atoms with Crippen LogP contribution in [0.25, 0.3) is 10.6 Å². The van der Waals surface area contributed by atoms with Crippen molar-refractivity contribution in [1.82, 2.24) is 0 Å². The van der Waals surface area contributed by atoms with E-state index in [2.05, 4.69) is 68.0 Å². The van der Waals surface area contributed by atoms with Crippen molar-refractivity contribution >= 4 is 17.0 Å². The van der Waals surface area contributed by atoms with E-state index in [-0.39, 0.29) is 38.3 Å². The molecule has 6 aliphatic rings. The summed E-state index contributed by atoms with van der Waals surface area (Å²) in [7, 11) is 0. The van der Waals surface area contributed by atoms with Gasteiger partial charge < -0.3 is 21.1 Å². The first-order valence-corrected chi connectivity index (χ1v) is 15.7. The van der Waals surface area contributed by atoms with Crippen LogP contribution in [0.15, 0.2) is 50.7 Å². The minimum absolute atomic E-state index is 0. The molecule has 0 bridgehead atoms. The van der Waals surface area contributed by atoms with Gasteiger partial charge in [-0.25, -0.2) is 12.0 Å². The third-order valence-electron chi connectivity index (χ3n) is 9.29. The summed E-state index contributed by atoms with van der Waals surface area (Å²) in [5, 5.41) is 11.8. The van der Waals surface area contributed by atoms with Crippen LogP contribution in [-0.4, -0.2) is 24.5 Å². The zero-order valence-corrected chi connectivity index (χ0v) is 27.3. The van der Waals surface area contributed by atoms with Crippen LogP contribution in [0.5, 0.6) is 0 Å². The summed E-state index contributed by atoms with van der Waals surface area (Å²) in [4.78, 5) is 5.86. The summed E-state index contributed by atoms with van der Waals surface area (Å²) in [5.74, 6) is 3.28. The molecule has 0 N–H and O–H groups in total. The smallest absolute Gasteiger partial charge is 0.175 e. The van der Waals surface area contributed by atoms with Crippen molar-refractivity contribution in [2.45, 2.75) is 98.3 Å². The van der Waals surface area contributed by atoms with Crippen LogP contribution in [0.1, 0.15) is 86.3 Å². The molecule has 6 atom stereocenters. The second kappa shape index (κ2) is 12.7. The maximum absolute atomic E-state index is 7.65. The Morgan fingerprint density at radius 2 is 2.10 bits per heavy atom. The molecule has 4 aliphatic heterocycles. The predicted octanol–water partition coefficient (Wildman–Crippen LogP) is 8.95. The minimum Gasteiger partial charge on any atom is -0.769 e. The summed E-state index contributed by atoms with van der Waals surface area (Å²) >= 11 is 1.81. The average molecular weight is 737 g/mol. The molecule has 0 saturated carbocycles. The molecule has 1 fully saturated rings. The summed E-state index contributed by atoms with van der Waals surface area (Å²) in [6.45, 7) is 8.71. The van der Waals surface area contributed by atoms with Crippen LogP contribution >= 0.6 is 11.3 Å². The maximum Gasteiger partial charge on any atom is 0.175 e. The number of aryl methyl sites for hydroxylation is 1. The first kappa shape index (κ1) is 26.1. The molecule has 7 rings (SSSR count). The quantitative estimate of drug-likeness (QED) is 0.280. The van der Waals surface area contributed by atoms with E-state index in [4.69, 9.17) is 14.2 Å². The summed E-state index contributed by atoms with van der Waals surface area (Å²) < 4.78 is 29.2. The Balaban J connectivity index is 0.000000197. The molecule has 4 nitrogen and oxygen atoms in total. The first-order chi connectivity index (χ1) is 20.1. The summed E-state index contributed by atoms with van der Waals surface area (Å²) in [5.41, 5.74) is 8.11. The van der Waals surface area contributed by atoms with E-state index in [0.29, 0.717) is 24.0 Å². The van der Waals surface area contributed by atoms with Gasteiger partial charge in [-0.1, -0.05) is 57.4 Å². The Kier molecular flexibility index (Phi) is 8.30. The van der Waals surface area contributed by atoms with Gasteiger partial charge in [-0.15, -0.1) is 31.6 Å². The molecule has 2 unspecified atom stereocenters. The van der Waals surface area contributed by atoms with E-state index in [0.717, 1.165) is 50.4 Å². The van der Waals surface area contributed by atoms with Gasteiger partial charge in [-0.2, -0.15) is 23.0 Å². The van der Waals surface area contributed by atoms with Crippen molar-refractivity contribution in [1.29, 1.82) is 0 Å². The average Bonchev–Trinajstić information content (AvgIpc) is 3.54. The Hall–Kier alpha value is -1.59. The molecule has 1 radical (unpaired) electrons. The number of nitrogens with zero attached hydrogens (tertiary/aromatic N) is 3. The fourth-order valence-electron chi connectivity index (χ4n) is 6.45. The van der Waals surface area contributed by atoms with Crippen molar-refractivity contribution in [3.8, 4) is 0 Å². The van der Waals surface area contributed by atoms with Crippen LogP contribution in [0.2, 0.25) is 0 Å². The van der Waals surface area contributed by atoms with Crippen molar-refractivity contribution in [2.24, 2.45) is 28.7 Å². The Morgan fingerprint density at radius 1 is 1.23 bits per heavy atom. The van der Waals surface area contributed by atoms with Gasteiger partial charge in [0.25, 0.3) is 0 Å². The molecule has 2 aliphatic carbocycles. The third kappa shape index (κ3) is 6.11. The molecule has 6 heteroatoms. The SMILES string of the molecule is C[C@H]1C[C-]=C(C2=C[C@H](C)[C@H](C)C[N-]2)CC1.[2H]C([2H])([2H])C1=NC2OC3=C([C@H]4Cc5c(C)csc5C[N-]4)[CH-]CC=C3C2CC1.[Ir]. The number of hydrogen-bond acceptors (Lipinski definition) is 3. The molecule has 1 saturated heterocycles. The molecule has 0 spiro atoms. The van der Waals surface area contributed by atoms with Gasteiger partial charge in [-0.05, 0) is 66.1 Å². The molecule has 1 aromatic heterocycles. The van der Waals surface area contributed by atoms with E-state index in [1.165, 1.54) is 51.3 Å². The molecule has 1 aromatic rings. The van der Waals surface area contributed by atoms with Gasteiger partial charge in [0.1, 0.15) is 0 Å². The Labute approximate surface area is 263 Å². The van der Waals surface area contributed by atoms with Crippen LogP contribution < -0.4 is 0 Å². The number of ether oxygens (including phenoxy) is 1. The largest absolute Gasteiger partial charge is 0.769 e. The van der Waals surface area contributed by atoms with Crippen molar-refractivity contribution in [2.75, 3.05) is 6.54 Å². The van der Waals surface area contributed by atoms with E-state index in [1.54, 1.807) is 11.3 Å². The van der Waals surface area contributed by atoms with Gasteiger partial charge in [0.15, 0.2) is 6.23 Å². The normalized spacial score (nSPS) is 34.0. The molecule has 219 valence electrons. The Morgan fingerprint density at radius 3 is 2.88 bits per heavy atom. The molecule has 0 aromatic carbocycles. The zero-order chi connectivity index (χ0) is 29.6. The van der Waals surface area contributed by atoms with Crippen molar-refractivity contribution in [3.63, 3.8) is 0 Å². The fourth-order valence-corrected chi connectivity index (χ4v) is 7.44. The van der Waals surface area contributed by atoms with Gasteiger partial charge in [-0.3, -0.25) is 11.1 Å². The first-order valence-electron chi connectivity index (χ1n) is 16.3. The van der Waals surface area contributed by atoms with E-state index in [1.807, 2.05) is 0 Å². The van der Waals surface area contributed by atoms with Gasteiger partial charge in [0.05, 0.1) is 0 Å². The zero-order valence-electron chi connectivity index (χ0n) is 27.1. The minimum atomic E-state index is -2.12. The molecule has 40 heavy (non-hydrogen) atoms. The monoisotopic (exact) mass is 737 g/mol. The van der Waals surface area contributed by atoms with Gasteiger partial charge in [0.2, 0.25) is 0 Å². The second-order valence-corrected chi connectivity index (χ2v) is 13.2.